The third kappa shape index (κ3) is 4.46. The predicted molar refractivity (Wildman–Crippen MR) is 106 cm³/mol. The van der Waals surface area contributed by atoms with Gasteiger partial charge in [0.05, 0.1) is 6.54 Å². The highest BCUT2D eigenvalue weighted by Gasteiger charge is 2.44. The Morgan fingerprint density at radius 1 is 1.14 bits per heavy atom. The Morgan fingerprint density at radius 3 is 2.46 bits per heavy atom. The van der Waals surface area contributed by atoms with Crippen LogP contribution in [-0.4, -0.2) is 45.9 Å². The Hall–Kier alpha value is -2.57. The van der Waals surface area contributed by atoms with Crippen LogP contribution in [0.25, 0.3) is 0 Å². The van der Waals surface area contributed by atoms with Crippen molar-refractivity contribution in [3.8, 4) is 0 Å². The second-order valence-corrected chi connectivity index (χ2v) is 8.31. The molecule has 2 aliphatic heterocycles. The van der Waals surface area contributed by atoms with Crippen LogP contribution in [0.3, 0.4) is 0 Å². The summed E-state index contributed by atoms with van der Waals surface area (Å²) in [6, 6.07) is 7.52. The molecule has 0 aromatic heterocycles. The zero-order valence-electron chi connectivity index (χ0n) is 17.0. The van der Waals surface area contributed by atoms with Crippen molar-refractivity contribution in [3.05, 3.63) is 35.4 Å². The van der Waals surface area contributed by atoms with Crippen molar-refractivity contribution in [2.24, 2.45) is 0 Å². The molecule has 3 rings (SSSR count). The lowest BCUT2D eigenvalue weighted by Gasteiger charge is -2.27. The van der Waals surface area contributed by atoms with Crippen LogP contribution in [0.5, 0.6) is 0 Å². The molecule has 2 saturated heterocycles. The number of carbonyl (C=O) groups is 3. The molecule has 7 nitrogen and oxygen atoms in total. The number of nitrogens with zero attached hydrogens (tertiary/aromatic N) is 2. The number of hydrogen-bond donors (Lipinski definition) is 2. The number of benzene rings is 1. The highest BCUT2D eigenvalue weighted by molar-refractivity contribution is 6.06. The molecular formula is C21H30N4O3. The Bertz CT molecular complexity index is 745. The first-order chi connectivity index (χ1) is 13.3. The number of hydrogen-bond acceptors (Lipinski definition) is 3. The topological polar surface area (TPSA) is 81.8 Å². The van der Waals surface area contributed by atoms with Gasteiger partial charge in [0.15, 0.2) is 0 Å². The summed E-state index contributed by atoms with van der Waals surface area (Å²) in [5, 5.41) is 5.68. The van der Waals surface area contributed by atoms with Crippen molar-refractivity contribution in [1.82, 2.24) is 20.4 Å². The third-order valence-corrected chi connectivity index (χ3v) is 5.57. The van der Waals surface area contributed by atoms with Gasteiger partial charge in [-0.1, -0.05) is 37.1 Å². The number of carbonyl (C=O) groups excluding carboxylic acids is 3. The predicted octanol–water partition coefficient (Wildman–Crippen LogP) is 2.99. The smallest absolute Gasteiger partial charge is 0.325 e. The van der Waals surface area contributed by atoms with Gasteiger partial charge in [0.1, 0.15) is 5.54 Å². The van der Waals surface area contributed by atoms with Gasteiger partial charge in [-0.2, -0.15) is 0 Å². The molecule has 1 unspecified atom stereocenters. The van der Waals surface area contributed by atoms with E-state index < -0.39 is 5.54 Å². The molecule has 2 fully saturated rings. The summed E-state index contributed by atoms with van der Waals surface area (Å²) in [4.78, 5) is 39.9. The largest absolute Gasteiger partial charge is 0.334 e. The van der Waals surface area contributed by atoms with E-state index in [1.807, 2.05) is 29.2 Å². The van der Waals surface area contributed by atoms with Crippen LogP contribution in [0.2, 0.25) is 0 Å². The van der Waals surface area contributed by atoms with E-state index >= 15 is 0 Å². The van der Waals surface area contributed by atoms with Crippen molar-refractivity contribution in [1.29, 1.82) is 0 Å². The van der Waals surface area contributed by atoms with E-state index in [-0.39, 0.29) is 30.6 Å². The highest BCUT2D eigenvalue weighted by atomic mass is 16.2. The van der Waals surface area contributed by atoms with Crippen molar-refractivity contribution < 1.29 is 14.4 Å². The van der Waals surface area contributed by atoms with Crippen molar-refractivity contribution in [2.75, 3.05) is 6.54 Å². The summed E-state index contributed by atoms with van der Waals surface area (Å²) in [5.41, 5.74) is 1.00. The summed E-state index contributed by atoms with van der Waals surface area (Å²) >= 11 is 0. The SMILES string of the molecule is CC1CCCCCN1C(=O)NCc1ccc(CN2C(=O)NC(C)(C)C2=O)cc1. The minimum Gasteiger partial charge on any atom is -0.334 e. The number of rotatable bonds is 4. The van der Waals surface area contributed by atoms with E-state index in [0.29, 0.717) is 6.54 Å². The van der Waals surface area contributed by atoms with E-state index in [4.69, 9.17) is 0 Å². The summed E-state index contributed by atoms with van der Waals surface area (Å²) in [5.74, 6) is -0.222. The normalized spacial score (nSPS) is 22.0. The zero-order chi connectivity index (χ0) is 20.3. The van der Waals surface area contributed by atoms with Crippen LogP contribution in [0, 0.1) is 0 Å². The molecule has 28 heavy (non-hydrogen) atoms. The fraction of sp³-hybridized carbons (Fsp3) is 0.571. The van der Waals surface area contributed by atoms with Gasteiger partial charge in [-0.05, 0) is 44.7 Å². The maximum Gasteiger partial charge on any atom is 0.325 e. The molecule has 1 aromatic rings. The molecule has 2 heterocycles. The molecule has 0 spiro atoms. The van der Waals surface area contributed by atoms with Crippen LogP contribution in [0.1, 0.15) is 57.6 Å². The number of amides is 5. The van der Waals surface area contributed by atoms with Crippen LogP contribution in [-0.2, 0) is 17.9 Å². The first kappa shape index (κ1) is 20.2. The maximum absolute atomic E-state index is 12.5. The number of likely N-dealkylation sites (tertiary alicyclic amines) is 1. The van der Waals surface area contributed by atoms with E-state index in [0.717, 1.165) is 30.5 Å². The first-order valence-corrected chi connectivity index (χ1v) is 10.0. The van der Waals surface area contributed by atoms with E-state index in [1.54, 1.807) is 13.8 Å². The van der Waals surface area contributed by atoms with E-state index in [1.165, 1.54) is 17.7 Å². The lowest BCUT2D eigenvalue weighted by molar-refractivity contribution is -0.130. The van der Waals surface area contributed by atoms with Crippen LogP contribution < -0.4 is 10.6 Å². The molecule has 7 heteroatoms. The Morgan fingerprint density at radius 2 is 1.82 bits per heavy atom. The highest BCUT2D eigenvalue weighted by Crippen LogP contribution is 2.20. The average molecular weight is 386 g/mol. The number of imide groups is 1. The van der Waals surface area contributed by atoms with Crippen LogP contribution >= 0.6 is 0 Å². The molecule has 5 amide bonds. The van der Waals surface area contributed by atoms with Crippen molar-refractivity contribution in [2.45, 2.75) is 71.1 Å². The fourth-order valence-electron chi connectivity index (χ4n) is 3.76. The molecule has 152 valence electrons. The van der Waals surface area contributed by atoms with Gasteiger partial charge in [-0.3, -0.25) is 9.69 Å². The van der Waals surface area contributed by atoms with Gasteiger partial charge in [-0.15, -0.1) is 0 Å². The number of nitrogens with one attached hydrogen (secondary N) is 2. The average Bonchev–Trinajstić information content (AvgIpc) is 2.81. The van der Waals surface area contributed by atoms with E-state index in [9.17, 15) is 14.4 Å². The summed E-state index contributed by atoms with van der Waals surface area (Å²) in [6.07, 6.45) is 4.49. The molecule has 0 radical (unpaired) electrons. The number of urea groups is 2. The Balaban J connectivity index is 1.54. The van der Waals surface area contributed by atoms with Gasteiger partial charge in [0.2, 0.25) is 0 Å². The van der Waals surface area contributed by atoms with Gasteiger partial charge >= 0.3 is 12.1 Å². The minimum absolute atomic E-state index is 0.0138. The lowest BCUT2D eigenvalue weighted by atomic mass is 10.1. The summed E-state index contributed by atoms with van der Waals surface area (Å²) in [6.45, 7) is 7.02. The lowest BCUT2D eigenvalue weighted by Crippen LogP contribution is -2.44. The standard InChI is InChI=1S/C21H30N4O3/c1-15-7-5-4-6-12-24(15)19(27)22-13-16-8-10-17(11-9-16)14-25-18(26)21(2,3)23-20(25)28/h8-11,15H,4-7,12-14H2,1-3H3,(H,22,27)(H,23,28). The fourth-order valence-corrected chi connectivity index (χ4v) is 3.76. The van der Waals surface area contributed by atoms with Crippen molar-refractivity contribution >= 4 is 18.0 Å². The third-order valence-electron chi connectivity index (χ3n) is 5.57. The van der Waals surface area contributed by atoms with Gasteiger partial charge in [0.25, 0.3) is 5.91 Å². The van der Waals surface area contributed by atoms with E-state index in [2.05, 4.69) is 17.6 Å². The molecule has 1 aromatic carbocycles. The van der Waals surface area contributed by atoms with Gasteiger partial charge < -0.3 is 15.5 Å². The second-order valence-electron chi connectivity index (χ2n) is 8.31. The Labute approximate surface area is 166 Å². The van der Waals surface area contributed by atoms with Gasteiger partial charge in [0, 0.05) is 19.1 Å². The first-order valence-electron chi connectivity index (χ1n) is 10.0. The Kier molecular flexibility index (Phi) is 5.91. The molecule has 0 aliphatic carbocycles. The monoisotopic (exact) mass is 386 g/mol. The van der Waals surface area contributed by atoms with Crippen LogP contribution in [0.4, 0.5) is 9.59 Å². The second kappa shape index (κ2) is 8.20. The van der Waals surface area contributed by atoms with Crippen LogP contribution in [0.15, 0.2) is 24.3 Å². The summed E-state index contributed by atoms with van der Waals surface area (Å²) < 4.78 is 0. The molecule has 1 atom stereocenters. The molecule has 2 N–H and O–H groups in total. The maximum atomic E-state index is 12.5. The zero-order valence-corrected chi connectivity index (χ0v) is 17.0. The molecule has 0 bridgehead atoms. The molecular weight excluding hydrogens is 356 g/mol. The summed E-state index contributed by atoms with van der Waals surface area (Å²) in [7, 11) is 0. The van der Waals surface area contributed by atoms with Crippen molar-refractivity contribution in [3.63, 3.8) is 0 Å². The molecule has 2 aliphatic rings. The minimum atomic E-state index is -0.855. The quantitative estimate of drug-likeness (QED) is 0.781. The molecule has 0 saturated carbocycles. The van der Waals surface area contributed by atoms with Gasteiger partial charge in [-0.25, -0.2) is 9.59 Å².